The highest BCUT2D eigenvalue weighted by Gasteiger charge is 2.08. The van der Waals surface area contributed by atoms with Crippen molar-refractivity contribution in [3.8, 4) is 0 Å². The van der Waals surface area contributed by atoms with Crippen LogP contribution >= 0.6 is 0 Å². The maximum absolute atomic E-state index is 12.2. The van der Waals surface area contributed by atoms with Crippen molar-refractivity contribution in [3.63, 3.8) is 0 Å². The van der Waals surface area contributed by atoms with Crippen LogP contribution < -0.4 is 0 Å². The fourth-order valence-electron chi connectivity index (χ4n) is 3.22. The summed E-state index contributed by atoms with van der Waals surface area (Å²) < 4.78 is 0. The molecular formula is C26H41NO. The van der Waals surface area contributed by atoms with Gasteiger partial charge >= 0.3 is 0 Å². The molecule has 0 saturated heterocycles. The second kappa shape index (κ2) is 17.3. The van der Waals surface area contributed by atoms with E-state index in [1.54, 1.807) is 0 Å². The van der Waals surface area contributed by atoms with Crippen molar-refractivity contribution in [2.75, 3.05) is 7.05 Å². The van der Waals surface area contributed by atoms with E-state index in [2.05, 4.69) is 43.4 Å². The van der Waals surface area contributed by atoms with Gasteiger partial charge in [0, 0.05) is 20.0 Å². The number of rotatable bonds is 16. The standard InChI is InChI=1S/C26H41NO/c1-3-4-5-6-7-8-9-10-11-12-13-14-15-16-20-23-26(28)27(2)24-25-21-18-17-19-22-25/h7-8,10-11,17-19,21-22H,3-6,9,12-16,20,23-24H2,1-2H3/b8-7-,11-10-. The van der Waals surface area contributed by atoms with E-state index < -0.39 is 0 Å². The first-order valence-corrected chi connectivity index (χ1v) is 11.3. The van der Waals surface area contributed by atoms with Crippen LogP contribution in [0, 0.1) is 0 Å². The lowest BCUT2D eigenvalue weighted by Crippen LogP contribution is -2.25. The number of carbonyl (C=O) groups is 1. The number of benzene rings is 1. The Hall–Kier alpha value is -1.83. The largest absolute Gasteiger partial charge is 0.341 e. The van der Waals surface area contributed by atoms with Gasteiger partial charge in [-0.25, -0.2) is 0 Å². The van der Waals surface area contributed by atoms with E-state index in [0.29, 0.717) is 13.0 Å². The topological polar surface area (TPSA) is 20.3 Å². The van der Waals surface area contributed by atoms with Crippen molar-refractivity contribution < 1.29 is 4.79 Å². The molecule has 2 heteroatoms. The lowest BCUT2D eigenvalue weighted by atomic mass is 10.1. The van der Waals surface area contributed by atoms with E-state index in [1.165, 1.54) is 56.9 Å². The maximum Gasteiger partial charge on any atom is 0.222 e. The Balaban J connectivity index is 1.93. The van der Waals surface area contributed by atoms with Crippen LogP contribution in [0.4, 0.5) is 0 Å². The molecule has 1 aromatic carbocycles. The van der Waals surface area contributed by atoms with Crippen LogP contribution in [-0.2, 0) is 11.3 Å². The third-order valence-corrected chi connectivity index (χ3v) is 5.03. The highest BCUT2D eigenvalue weighted by Crippen LogP contribution is 2.10. The molecule has 1 aromatic rings. The number of amides is 1. The fraction of sp³-hybridized carbons (Fsp3) is 0.577. The molecular weight excluding hydrogens is 342 g/mol. The van der Waals surface area contributed by atoms with Gasteiger partial charge in [0.1, 0.15) is 0 Å². The van der Waals surface area contributed by atoms with E-state index in [9.17, 15) is 4.79 Å². The summed E-state index contributed by atoms with van der Waals surface area (Å²) in [6, 6.07) is 10.2. The van der Waals surface area contributed by atoms with E-state index in [0.717, 1.165) is 19.3 Å². The maximum atomic E-state index is 12.2. The highest BCUT2D eigenvalue weighted by atomic mass is 16.2. The van der Waals surface area contributed by atoms with Crippen molar-refractivity contribution in [2.24, 2.45) is 0 Å². The number of hydrogen-bond acceptors (Lipinski definition) is 1. The molecule has 0 saturated carbocycles. The lowest BCUT2D eigenvalue weighted by molar-refractivity contribution is -0.130. The number of carbonyl (C=O) groups excluding carboxylic acids is 1. The zero-order valence-corrected chi connectivity index (χ0v) is 18.2. The van der Waals surface area contributed by atoms with Gasteiger partial charge in [0.25, 0.3) is 0 Å². The van der Waals surface area contributed by atoms with E-state index >= 15 is 0 Å². The molecule has 2 nitrogen and oxygen atoms in total. The van der Waals surface area contributed by atoms with Crippen LogP contribution in [0.1, 0.15) is 89.5 Å². The average molecular weight is 384 g/mol. The van der Waals surface area contributed by atoms with E-state index in [1.807, 2.05) is 30.1 Å². The first-order valence-electron chi connectivity index (χ1n) is 11.3. The fourth-order valence-corrected chi connectivity index (χ4v) is 3.22. The van der Waals surface area contributed by atoms with Crippen LogP contribution in [-0.4, -0.2) is 17.9 Å². The summed E-state index contributed by atoms with van der Waals surface area (Å²) in [6.45, 7) is 2.96. The molecule has 0 aliphatic rings. The minimum absolute atomic E-state index is 0.259. The van der Waals surface area contributed by atoms with Gasteiger partial charge in [0.2, 0.25) is 5.91 Å². The first-order chi connectivity index (χ1) is 13.7. The Bertz CT molecular complexity index is 547. The number of nitrogens with zero attached hydrogens (tertiary/aromatic N) is 1. The summed E-state index contributed by atoms with van der Waals surface area (Å²) in [5, 5.41) is 0. The molecule has 156 valence electrons. The summed E-state index contributed by atoms with van der Waals surface area (Å²) in [7, 11) is 1.90. The molecule has 0 atom stereocenters. The Morgan fingerprint density at radius 1 is 0.821 bits per heavy atom. The molecule has 0 N–H and O–H groups in total. The van der Waals surface area contributed by atoms with Crippen molar-refractivity contribution in [2.45, 2.75) is 90.5 Å². The van der Waals surface area contributed by atoms with Crippen molar-refractivity contribution in [1.82, 2.24) is 4.90 Å². The minimum Gasteiger partial charge on any atom is -0.341 e. The van der Waals surface area contributed by atoms with Gasteiger partial charge in [0.15, 0.2) is 0 Å². The number of allylic oxidation sites excluding steroid dienone is 4. The van der Waals surface area contributed by atoms with Crippen molar-refractivity contribution >= 4 is 5.91 Å². The second-order valence-corrected chi connectivity index (χ2v) is 7.72. The zero-order chi connectivity index (χ0) is 20.3. The normalized spacial score (nSPS) is 11.5. The van der Waals surface area contributed by atoms with Crippen LogP contribution in [0.3, 0.4) is 0 Å². The monoisotopic (exact) mass is 383 g/mol. The SMILES string of the molecule is CCCCC/C=C\C/C=C\CCCCCCCC(=O)N(C)Cc1ccccc1. The van der Waals surface area contributed by atoms with Gasteiger partial charge in [0.05, 0.1) is 0 Å². The van der Waals surface area contributed by atoms with Gasteiger partial charge < -0.3 is 4.90 Å². The molecule has 0 heterocycles. The zero-order valence-electron chi connectivity index (χ0n) is 18.2. The Morgan fingerprint density at radius 2 is 1.43 bits per heavy atom. The van der Waals surface area contributed by atoms with Crippen molar-refractivity contribution in [1.29, 1.82) is 0 Å². The Kier molecular flexibility index (Phi) is 14.9. The van der Waals surface area contributed by atoms with E-state index in [4.69, 9.17) is 0 Å². The molecule has 0 aliphatic carbocycles. The first kappa shape index (κ1) is 24.2. The minimum atomic E-state index is 0.259. The molecule has 0 unspecified atom stereocenters. The molecule has 28 heavy (non-hydrogen) atoms. The van der Waals surface area contributed by atoms with Crippen LogP contribution in [0.2, 0.25) is 0 Å². The summed E-state index contributed by atoms with van der Waals surface area (Å²) >= 11 is 0. The van der Waals surface area contributed by atoms with Crippen LogP contribution in [0.5, 0.6) is 0 Å². The van der Waals surface area contributed by atoms with Gasteiger partial charge in [-0.05, 0) is 44.1 Å². The molecule has 0 fully saturated rings. The van der Waals surface area contributed by atoms with Gasteiger partial charge in [-0.3, -0.25) is 4.79 Å². The molecule has 0 aliphatic heterocycles. The summed E-state index contributed by atoms with van der Waals surface area (Å²) in [5.74, 6) is 0.259. The third-order valence-electron chi connectivity index (χ3n) is 5.03. The predicted octanol–water partition coefficient (Wildman–Crippen LogP) is 7.46. The summed E-state index contributed by atoms with van der Waals surface area (Å²) in [4.78, 5) is 14.0. The molecule has 0 aromatic heterocycles. The Morgan fingerprint density at radius 3 is 2.11 bits per heavy atom. The second-order valence-electron chi connectivity index (χ2n) is 7.72. The Labute approximate surface area is 173 Å². The molecule has 1 amide bonds. The van der Waals surface area contributed by atoms with Gasteiger partial charge in [-0.2, -0.15) is 0 Å². The molecule has 0 radical (unpaired) electrons. The summed E-state index contributed by atoms with van der Waals surface area (Å²) in [5.41, 5.74) is 1.19. The molecule has 1 rings (SSSR count). The quantitative estimate of drug-likeness (QED) is 0.214. The van der Waals surface area contributed by atoms with Gasteiger partial charge in [-0.15, -0.1) is 0 Å². The van der Waals surface area contributed by atoms with Gasteiger partial charge in [-0.1, -0.05) is 93.7 Å². The number of unbranched alkanes of at least 4 members (excludes halogenated alkanes) is 8. The van der Waals surface area contributed by atoms with E-state index in [-0.39, 0.29) is 5.91 Å². The highest BCUT2D eigenvalue weighted by molar-refractivity contribution is 5.75. The smallest absolute Gasteiger partial charge is 0.222 e. The molecule has 0 bridgehead atoms. The van der Waals surface area contributed by atoms with Crippen LogP contribution in [0.25, 0.3) is 0 Å². The number of hydrogen-bond donors (Lipinski definition) is 0. The average Bonchev–Trinajstić information content (AvgIpc) is 2.71. The predicted molar refractivity (Wildman–Crippen MR) is 122 cm³/mol. The van der Waals surface area contributed by atoms with Crippen LogP contribution in [0.15, 0.2) is 54.6 Å². The summed E-state index contributed by atoms with van der Waals surface area (Å²) in [6.07, 6.45) is 23.3. The lowest BCUT2D eigenvalue weighted by Gasteiger charge is -2.17. The third kappa shape index (κ3) is 13.4. The molecule has 0 spiro atoms. The van der Waals surface area contributed by atoms with Crippen molar-refractivity contribution in [3.05, 3.63) is 60.2 Å².